The smallest absolute Gasteiger partial charge is 0.305 e. The van der Waals surface area contributed by atoms with Crippen LogP contribution in [0.25, 0.3) is 22.0 Å². The summed E-state index contributed by atoms with van der Waals surface area (Å²) in [6.07, 6.45) is 2.92. The van der Waals surface area contributed by atoms with Crippen LogP contribution in [0.15, 0.2) is 72.9 Å². The molecule has 0 spiro atoms. The Morgan fingerprint density at radius 2 is 1.67 bits per heavy atom. The monoisotopic (exact) mass is 441 g/mol. The van der Waals surface area contributed by atoms with Crippen LogP contribution in [-0.2, 0) is 28.0 Å². The third-order valence-corrected chi connectivity index (χ3v) is 5.97. The summed E-state index contributed by atoms with van der Waals surface area (Å²) in [5, 5.41) is 1.15. The maximum atomic E-state index is 11.6. The molecule has 0 aliphatic rings. The number of hydrogen-bond acceptors (Lipinski definition) is 3. The summed E-state index contributed by atoms with van der Waals surface area (Å²) in [5.74, 6) is 0.621. The van der Waals surface area contributed by atoms with Gasteiger partial charge in [-0.25, -0.2) is 0 Å². The van der Waals surface area contributed by atoms with E-state index >= 15 is 0 Å². The molecule has 0 fully saturated rings. The molecule has 1 heterocycles. The van der Waals surface area contributed by atoms with Crippen molar-refractivity contribution in [2.24, 2.45) is 0 Å². The van der Waals surface area contributed by atoms with Gasteiger partial charge in [-0.1, -0.05) is 57.2 Å². The lowest BCUT2D eigenvalue weighted by Gasteiger charge is -2.19. The molecule has 0 aliphatic carbocycles. The number of aromatic nitrogens is 1. The second-order valence-electron chi connectivity index (χ2n) is 9.42. The highest BCUT2D eigenvalue weighted by Crippen LogP contribution is 2.34. The van der Waals surface area contributed by atoms with Gasteiger partial charge in [0.1, 0.15) is 12.4 Å². The van der Waals surface area contributed by atoms with Crippen molar-refractivity contribution in [2.45, 2.75) is 45.6 Å². The molecule has 0 atom stereocenters. The molecule has 0 amide bonds. The molecule has 33 heavy (non-hydrogen) atoms. The fourth-order valence-corrected chi connectivity index (χ4v) is 3.92. The van der Waals surface area contributed by atoms with Crippen LogP contribution in [0.5, 0.6) is 5.75 Å². The van der Waals surface area contributed by atoms with Gasteiger partial charge in [0, 0.05) is 23.7 Å². The van der Waals surface area contributed by atoms with Gasteiger partial charge >= 0.3 is 5.97 Å². The molecule has 4 nitrogen and oxygen atoms in total. The summed E-state index contributed by atoms with van der Waals surface area (Å²) < 4.78 is 11.1. The quantitative estimate of drug-likeness (QED) is 0.320. The molecule has 170 valence electrons. The molecule has 0 unspecified atom stereocenters. The van der Waals surface area contributed by atoms with Crippen LogP contribution in [0.2, 0.25) is 0 Å². The van der Waals surface area contributed by atoms with Crippen molar-refractivity contribution >= 4 is 16.9 Å². The zero-order valence-corrected chi connectivity index (χ0v) is 19.8. The number of esters is 1. The number of carbonyl (C=O) groups is 1. The summed E-state index contributed by atoms with van der Waals surface area (Å²) >= 11 is 0. The minimum absolute atomic E-state index is 0.128. The fraction of sp³-hybridized carbons (Fsp3) is 0.276. The molecule has 3 aromatic carbocycles. The summed E-state index contributed by atoms with van der Waals surface area (Å²) in [6.45, 7) is 7.14. The number of aromatic amines is 1. The largest absolute Gasteiger partial charge is 0.488 e. The van der Waals surface area contributed by atoms with Gasteiger partial charge in [-0.3, -0.25) is 4.79 Å². The molecular weight excluding hydrogens is 410 g/mol. The number of carbonyl (C=O) groups excluding carboxylic acids is 1. The minimum atomic E-state index is -0.204. The Labute approximate surface area is 195 Å². The first kappa shape index (κ1) is 22.7. The average molecular weight is 442 g/mol. The molecule has 1 aromatic heterocycles. The van der Waals surface area contributed by atoms with Crippen molar-refractivity contribution in [3.8, 4) is 16.9 Å². The van der Waals surface area contributed by atoms with E-state index in [4.69, 9.17) is 9.47 Å². The van der Waals surface area contributed by atoms with Gasteiger partial charge in [0.2, 0.25) is 0 Å². The third-order valence-electron chi connectivity index (χ3n) is 5.97. The molecule has 0 aliphatic heterocycles. The van der Waals surface area contributed by atoms with Crippen LogP contribution in [-0.4, -0.2) is 18.1 Å². The van der Waals surface area contributed by atoms with Gasteiger partial charge < -0.3 is 14.5 Å². The highest BCUT2D eigenvalue weighted by molar-refractivity contribution is 5.86. The van der Waals surface area contributed by atoms with Crippen LogP contribution in [0.3, 0.4) is 0 Å². The Bertz CT molecular complexity index is 1250. The molecule has 1 N–H and O–H groups in total. The first-order valence-electron chi connectivity index (χ1n) is 11.3. The number of fused-ring (bicyclic) bond motifs is 1. The zero-order valence-electron chi connectivity index (χ0n) is 19.8. The van der Waals surface area contributed by atoms with Crippen molar-refractivity contribution in [1.29, 1.82) is 0 Å². The Morgan fingerprint density at radius 1 is 0.909 bits per heavy atom. The SMILES string of the molecule is COC(=O)CCc1ccc(OCc2ccc(C(C)(C)C)cc2)c(-c2ccc3[nH]ccc3c2)c1. The van der Waals surface area contributed by atoms with Gasteiger partial charge in [0.25, 0.3) is 0 Å². The third kappa shape index (κ3) is 5.46. The first-order chi connectivity index (χ1) is 15.8. The standard InChI is InChI=1S/C29H31NO3/c1-29(2,3)24-10-5-21(6-11-24)19-33-27-13-7-20(8-14-28(31)32-4)17-25(27)22-9-12-26-23(18-22)15-16-30-26/h5-7,9-13,15-18,30H,8,14,19H2,1-4H3. The topological polar surface area (TPSA) is 51.3 Å². The molecule has 4 rings (SSSR count). The van der Waals surface area contributed by atoms with E-state index in [1.807, 2.05) is 18.3 Å². The molecule has 0 saturated carbocycles. The number of hydrogen-bond donors (Lipinski definition) is 1. The summed E-state index contributed by atoms with van der Waals surface area (Å²) in [4.78, 5) is 14.9. The Kier molecular flexibility index (Phi) is 6.55. The number of methoxy groups -OCH3 is 1. The Balaban J connectivity index is 1.61. The van der Waals surface area contributed by atoms with Crippen molar-refractivity contribution in [1.82, 2.24) is 4.98 Å². The molecule has 4 heteroatoms. The molecule has 0 bridgehead atoms. The van der Waals surface area contributed by atoms with Crippen LogP contribution < -0.4 is 4.74 Å². The second kappa shape index (κ2) is 9.53. The van der Waals surface area contributed by atoms with E-state index in [0.717, 1.165) is 38.9 Å². The Hall–Kier alpha value is -3.53. The number of nitrogens with one attached hydrogen (secondary N) is 1. The number of H-pyrrole nitrogens is 1. The van der Waals surface area contributed by atoms with E-state index < -0.39 is 0 Å². The summed E-state index contributed by atoms with van der Waals surface area (Å²) in [6, 6.07) is 23.2. The van der Waals surface area contributed by atoms with E-state index in [1.54, 1.807) is 0 Å². The number of aryl methyl sites for hydroxylation is 1. The summed E-state index contributed by atoms with van der Waals surface area (Å²) in [5.41, 5.74) is 6.84. The van der Waals surface area contributed by atoms with Gasteiger partial charge in [-0.2, -0.15) is 0 Å². The second-order valence-corrected chi connectivity index (χ2v) is 9.42. The van der Waals surface area contributed by atoms with Crippen molar-refractivity contribution in [3.05, 3.63) is 89.6 Å². The highest BCUT2D eigenvalue weighted by atomic mass is 16.5. The van der Waals surface area contributed by atoms with Crippen LogP contribution in [0, 0.1) is 0 Å². The first-order valence-corrected chi connectivity index (χ1v) is 11.3. The van der Waals surface area contributed by atoms with Crippen molar-refractivity contribution in [3.63, 3.8) is 0 Å². The lowest BCUT2D eigenvalue weighted by molar-refractivity contribution is -0.140. The van der Waals surface area contributed by atoms with Gasteiger partial charge in [0.05, 0.1) is 7.11 Å². The highest BCUT2D eigenvalue weighted by Gasteiger charge is 2.14. The van der Waals surface area contributed by atoms with Crippen molar-refractivity contribution < 1.29 is 14.3 Å². The predicted molar refractivity (Wildman–Crippen MR) is 134 cm³/mol. The minimum Gasteiger partial charge on any atom is -0.488 e. The Morgan fingerprint density at radius 3 is 2.39 bits per heavy atom. The number of rotatable bonds is 7. The summed E-state index contributed by atoms with van der Waals surface area (Å²) in [7, 11) is 1.42. The van der Waals surface area contributed by atoms with E-state index in [2.05, 4.69) is 80.4 Å². The molecule has 0 radical (unpaired) electrons. The van der Waals surface area contributed by atoms with Crippen LogP contribution in [0.1, 0.15) is 43.9 Å². The maximum absolute atomic E-state index is 11.6. The van der Waals surface area contributed by atoms with E-state index in [9.17, 15) is 4.79 Å². The van der Waals surface area contributed by atoms with Gasteiger partial charge in [0.15, 0.2) is 0 Å². The van der Waals surface area contributed by atoms with E-state index in [0.29, 0.717) is 19.4 Å². The number of benzene rings is 3. The fourth-order valence-electron chi connectivity index (χ4n) is 3.92. The van der Waals surface area contributed by atoms with Crippen LogP contribution >= 0.6 is 0 Å². The van der Waals surface area contributed by atoms with Crippen molar-refractivity contribution in [2.75, 3.05) is 7.11 Å². The lowest BCUT2D eigenvalue weighted by Crippen LogP contribution is -2.10. The van der Waals surface area contributed by atoms with Gasteiger partial charge in [-0.05, 0) is 69.8 Å². The molecule has 0 saturated heterocycles. The predicted octanol–water partition coefficient (Wildman–Crippen LogP) is 6.82. The zero-order chi connectivity index (χ0) is 23.4. The molecule has 4 aromatic rings. The van der Waals surface area contributed by atoms with Crippen LogP contribution in [0.4, 0.5) is 0 Å². The van der Waals surface area contributed by atoms with E-state index in [1.165, 1.54) is 12.7 Å². The molecular formula is C29H31NO3. The number of ether oxygens (including phenoxy) is 2. The van der Waals surface area contributed by atoms with Gasteiger partial charge in [-0.15, -0.1) is 0 Å². The lowest BCUT2D eigenvalue weighted by atomic mass is 9.87. The van der Waals surface area contributed by atoms with E-state index in [-0.39, 0.29) is 11.4 Å². The average Bonchev–Trinajstić information content (AvgIpc) is 3.29. The normalized spacial score (nSPS) is 11.5. The maximum Gasteiger partial charge on any atom is 0.305 e.